The molecule has 3 saturated heterocycles. The molecule has 108 valence electrons. The predicted molar refractivity (Wildman–Crippen MR) is 73.9 cm³/mol. The van der Waals surface area contributed by atoms with Crippen molar-refractivity contribution in [1.82, 2.24) is 0 Å². The lowest BCUT2D eigenvalue weighted by molar-refractivity contribution is -0.0979. The third-order valence-corrected chi connectivity index (χ3v) is 3.62. The van der Waals surface area contributed by atoms with Crippen LogP contribution in [0.4, 0.5) is 5.69 Å². The first kappa shape index (κ1) is 13.5. The van der Waals surface area contributed by atoms with Gasteiger partial charge in [0.25, 0.3) is 0 Å². The second-order valence-electron chi connectivity index (χ2n) is 5.23. The summed E-state index contributed by atoms with van der Waals surface area (Å²) in [6.45, 7) is 6.61. The third kappa shape index (κ3) is 3.56. The summed E-state index contributed by atoms with van der Waals surface area (Å²) in [5.74, 6) is 0. The van der Waals surface area contributed by atoms with Crippen LogP contribution in [0.5, 0.6) is 0 Å². The van der Waals surface area contributed by atoms with Crippen LogP contribution in [0, 0.1) is 0 Å². The number of hydrogen-bond donors (Lipinski definition) is 0. The van der Waals surface area contributed by atoms with Gasteiger partial charge in [-0.05, 0) is 17.7 Å². The standard InChI is InChI=1S/C14H17NO3.CH2O/c1-3-11(4-2-10(1)14-9-18-14)15(5-12-7-16-12)6-13-8-17-13;1-2/h1-4,12-14H,5-9H2;1H2. The molecule has 5 heteroatoms. The summed E-state index contributed by atoms with van der Waals surface area (Å²) < 4.78 is 16.0. The number of epoxide rings is 3. The zero-order valence-corrected chi connectivity index (χ0v) is 11.4. The quantitative estimate of drug-likeness (QED) is 0.731. The lowest BCUT2D eigenvalue weighted by Gasteiger charge is -2.23. The summed E-state index contributed by atoms with van der Waals surface area (Å²) in [4.78, 5) is 10.4. The van der Waals surface area contributed by atoms with Crippen molar-refractivity contribution < 1.29 is 19.0 Å². The fourth-order valence-electron chi connectivity index (χ4n) is 2.26. The lowest BCUT2D eigenvalue weighted by Crippen LogP contribution is -2.31. The number of carbonyl (C=O) groups excluding carboxylic acids is 1. The van der Waals surface area contributed by atoms with Crippen LogP contribution in [-0.2, 0) is 19.0 Å². The number of ether oxygens (including phenoxy) is 3. The molecule has 1 aromatic carbocycles. The van der Waals surface area contributed by atoms with Crippen LogP contribution in [0.15, 0.2) is 24.3 Å². The molecule has 0 saturated carbocycles. The molecule has 5 nitrogen and oxygen atoms in total. The Hall–Kier alpha value is -1.43. The first-order valence-corrected chi connectivity index (χ1v) is 6.87. The highest BCUT2D eigenvalue weighted by Crippen LogP contribution is 2.31. The van der Waals surface area contributed by atoms with Gasteiger partial charge in [-0.2, -0.15) is 0 Å². The van der Waals surface area contributed by atoms with Crippen LogP contribution in [-0.4, -0.2) is 51.9 Å². The molecule has 20 heavy (non-hydrogen) atoms. The number of carbonyl (C=O) groups is 1. The van der Waals surface area contributed by atoms with E-state index in [2.05, 4.69) is 29.2 Å². The Bertz CT molecular complexity index is 424. The maximum atomic E-state index is 8.00. The fraction of sp³-hybridized carbons (Fsp3) is 0.533. The maximum absolute atomic E-state index is 8.00. The highest BCUT2D eigenvalue weighted by atomic mass is 16.6. The van der Waals surface area contributed by atoms with E-state index in [-0.39, 0.29) is 0 Å². The van der Waals surface area contributed by atoms with Gasteiger partial charge in [-0.15, -0.1) is 0 Å². The van der Waals surface area contributed by atoms with Gasteiger partial charge in [-0.25, -0.2) is 0 Å². The highest BCUT2D eigenvalue weighted by molar-refractivity contribution is 5.49. The van der Waals surface area contributed by atoms with E-state index in [0.717, 1.165) is 32.9 Å². The summed E-state index contributed by atoms with van der Waals surface area (Å²) in [5.41, 5.74) is 2.54. The molecule has 0 amide bonds. The fourth-order valence-corrected chi connectivity index (χ4v) is 2.26. The number of anilines is 1. The van der Waals surface area contributed by atoms with E-state index in [0.29, 0.717) is 18.3 Å². The van der Waals surface area contributed by atoms with Crippen LogP contribution in [0.25, 0.3) is 0 Å². The second kappa shape index (κ2) is 5.91. The Balaban J connectivity index is 0.000000581. The molecule has 3 aliphatic heterocycles. The van der Waals surface area contributed by atoms with E-state index >= 15 is 0 Å². The molecule has 3 fully saturated rings. The molecule has 0 radical (unpaired) electrons. The average molecular weight is 277 g/mol. The van der Waals surface area contributed by atoms with Crippen LogP contribution < -0.4 is 4.90 Å². The molecule has 3 unspecified atom stereocenters. The van der Waals surface area contributed by atoms with E-state index in [4.69, 9.17) is 19.0 Å². The minimum Gasteiger partial charge on any atom is -0.371 e. The first-order valence-electron chi connectivity index (χ1n) is 6.87. The molecule has 0 N–H and O–H groups in total. The van der Waals surface area contributed by atoms with Gasteiger partial charge < -0.3 is 23.9 Å². The Kier molecular flexibility index (Phi) is 4.00. The smallest absolute Gasteiger partial charge is 0.106 e. The molecule has 1 aromatic rings. The second-order valence-corrected chi connectivity index (χ2v) is 5.23. The lowest BCUT2D eigenvalue weighted by atomic mass is 10.1. The number of benzene rings is 1. The van der Waals surface area contributed by atoms with Gasteiger partial charge in [0.15, 0.2) is 0 Å². The minimum atomic E-state index is 0.339. The molecule has 0 aliphatic carbocycles. The molecule has 0 spiro atoms. The highest BCUT2D eigenvalue weighted by Gasteiger charge is 2.31. The van der Waals surface area contributed by atoms with Crippen molar-refractivity contribution in [2.75, 3.05) is 37.8 Å². The van der Waals surface area contributed by atoms with E-state index < -0.39 is 0 Å². The molecule has 3 heterocycles. The number of nitrogens with zero attached hydrogens (tertiary/aromatic N) is 1. The van der Waals surface area contributed by atoms with Crippen molar-refractivity contribution in [2.24, 2.45) is 0 Å². The van der Waals surface area contributed by atoms with E-state index in [1.807, 2.05) is 6.79 Å². The predicted octanol–water partition coefficient (Wildman–Crippen LogP) is 1.18. The van der Waals surface area contributed by atoms with Crippen molar-refractivity contribution in [1.29, 1.82) is 0 Å². The topological polar surface area (TPSA) is 57.9 Å². The van der Waals surface area contributed by atoms with Crippen molar-refractivity contribution in [3.8, 4) is 0 Å². The SMILES string of the molecule is C=O.c1cc(N(CC2CO2)CC2CO2)ccc1C1CO1. The Morgan fingerprint density at radius 1 is 0.950 bits per heavy atom. The monoisotopic (exact) mass is 277 g/mol. The minimum absolute atomic E-state index is 0.339. The van der Waals surface area contributed by atoms with Crippen molar-refractivity contribution in [2.45, 2.75) is 18.3 Å². The zero-order chi connectivity index (χ0) is 13.9. The molecule has 3 aliphatic rings. The Labute approximate surface area is 118 Å². The third-order valence-electron chi connectivity index (χ3n) is 3.62. The Morgan fingerprint density at radius 3 is 1.85 bits per heavy atom. The van der Waals surface area contributed by atoms with E-state index in [1.165, 1.54) is 11.3 Å². The van der Waals surface area contributed by atoms with Gasteiger partial charge in [-0.1, -0.05) is 12.1 Å². The first-order chi connectivity index (χ1) is 9.88. The van der Waals surface area contributed by atoms with Gasteiger partial charge in [-0.3, -0.25) is 0 Å². The van der Waals surface area contributed by atoms with E-state index in [9.17, 15) is 0 Å². The zero-order valence-electron chi connectivity index (χ0n) is 11.4. The molecule has 0 aromatic heterocycles. The summed E-state index contributed by atoms with van der Waals surface area (Å²) in [5, 5.41) is 0. The summed E-state index contributed by atoms with van der Waals surface area (Å²) in [7, 11) is 0. The van der Waals surface area contributed by atoms with Crippen LogP contribution in [0.3, 0.4) is 0 Å². The molecular formula is C15H19NO4. The van der Waals surface area contributed by atoms with Gasteiger partial charge in [0, 0.05) is 18.8 Å². The average Bonchev–Trinajstić information content (AvgIpc) is 3.34. The van der Waals surface area contributed by atoms with Crippen molar-refractivity contribution in [3.63, 3.8) is 0 Å². The summed E-state index contributed by atoms with van der Waals surface area (Å²) >= 11 is 0. The van der Waals surface area contributed by atoms with Gasteiger partial charge in [0.1, 0.15) is 12.9 Å². The number of hydrogen-bond acceptors (Lipinski definition) is 5. The van der Waals surface area contributed by atoms with Crippen LogP contribution in [0.1, 0.15) is 11.7 Å². The van der Waals surface area contributed by atoms with Gasteiger partial charge >= 0.3 is 0 Å². The molecule has 4 rings (SSSR count). The van der Waals surface area contributed by atoms with Gasteiger partial charge in [0.2, 0.25) is 0 Å². The Morgan fingerprint density at radius 2 is 1.45 bits per heavy atom. The van der Waals surface area contributed by atoms with Crippen molar-refractivity contribution in [3.05, 3.63) is 29.8 Å². The van der Waals surface area contributed by atoms with Crippen LogP contribution >= 0.6 is 0 Å². The normalized spacial score (nSPS) is 29.1. The van der Waals surface area contributed by atoms with Crippen LogP contribution in [0.2, 0.25) is 0 Å². The largest absolute Gasteiger partial charge is 0.371 e. The molecule has 0 bridgehead atoms. The molecule has 3 atom stereocenters. The summed E-state index contributed by atoms with van der Waals surface area (Å²) in [6, 6.07) is 8.70. The number of rotatable bonds is 6. The maximum Gasteiger partial charge on any atom is 0.106 e. The van der Waals surface area contributed by atoms with Crippen molar-refractivity contribution >= 4 is 12.5 Å². The van der Waals surface area contributed by atoms with Gasteiger partial charge in [0.05, 0.1) is 32.0 Å². The van der Waals surface area contributed by atoms with E-state index in [1.54, 1.807) is 0 Å². The summed E-state index contributed by atoms with van der Waals surface area (Å²) in [6.07, 6.45) is 1.16. The molecular weight excluding hydrogens is 258 g/mol.